The number of amides is 1. The number of aromatic nitrogens is 3. The molecule has 0 atom stereocenters. The molecule has 0 saturated carbocycles. The van der Waals surface area contributed by atoms with Crippen LogP contribution in [0.25, 0.3) is 11.3 Å². The second kappa shape index (κ2) is 10.5. The summed E-state index contributed by atoms with van der Waals surface area (Å²) in [5.41, 5.74) is 2.63. The first-order valence-corrected chi connectivity index (χ1v) is 12.2. The van der Waals surface area contributed by atoms with Crippen molar-refractivity contribution in [3.63, 3.8) is 0 Å². The van der Waals surface area contributed by atoms with Crippen molar-refractivity contribution in [3.05, 3.63) is 89.9 Å². The normalized spacial score (nSPS) is 13.4. The van der Waals surface area contributed by atoms with Gasteiger partial charge in [0, 0.05) is 48.5 Å². The van der Waals surface area contributed by atoms with Crippen LogP contribution in [0.2, 0.25) is 0 Å². The number of aryl methyl sites for hydroxylation is 1. The summed E-state index contributed by atoms with van der Waals surface area (Å²) in [6, 6.07) is 14.4. The number of para-hydroxylation sites is 1. The maximum Gasteiger partial charge on any atom is 0.418 e. The topological polar surface area (TPSA) is 83.0 Å². The average Bonchev–Trinajstić information content (AvgIpc) is 3.45. The van der Waals surface area contributed by atoms with E-state index in [1.807, 2.05) is 19.1 Å². The van der Waals surface area contributed by atoms with E-state index in [-0.39, 0.29) is 16.9 Å². The molecule has 0 unspecified atom stereocenters. The molecule has 10 heteroatoms. The number of benzene rings is 2. The van der Waals surface area contributed by atoms with Gasteiger partial charge in [-0.25, -0.2) is 9.97 Å². The maximum atomic E-state index is 13.8. The maximum absolute atomic E-state index is 13.8. The van der Waals surface area contributed by atoms with E-state index >= 15 is 0 Å². The molecule has 1 aliphatic rings. The van der Waals surface area contributed by atoms with Gasteiger partial charge in [-0.05, 0) is 67.8 Å². The summed E-state index contributed by atoms with van der Waals surface area (Å²) in [4.78, 5) is 27.8. The van der Waals surface area contributed by atoms with Gasteiger partial charge in [0.15, 0.2) is 0 Å². The number of pyridine rings is 1. The fourth-order valence-corrected chi connectivity index (χ4v) is 4.46. The molecule has 0 aliphatic carbocycles. The number of hydrogen-bond acceptors (Lipinski definition) is 6. The van der Waals surface area contributed by atoms with Gasteiger partial charge in [0.1, 0.15) is 0 Å². The molecule has 3 heterocycles. The summed E-state index contributed by atoms with van der Waals surface area (Å²) in [5.74, 6) is -0.181. The zero-order valence-corrected chi connectivity index (χ0v) is 20.6. The Bertz CT molecular complexity index is 1450. The first-order chi connectivity index (χ1) is 18.3. The standard InChI is InChI=1S/C28H25F3N6O/c1-18-9-10-19(16-24(18)36-27-33-13-11-22(35-27)20-6-5-12-32-17-20)26(38)34-23-8-4-7-21(28(29,30)31)25(23)37-14-2-3-15-37/h4-13,16-17H,2-3,14-15H2,1H3,(H,34,38)(H,33,35,36). The van der Waals surface area contributed by atoms with Crippen molar-refractivity contribution in [1.82, 2.24) is 15.0 Å². The highest BCUT2D eigenvalue weighted by Gasteiger charge is 2.37. The highest BCUT2D eigenvalue weighted by Crippen LogP contribution is 2.42. The Kier molecular flexibility index (Phi) is 6.95. The molecule has 2 N–H and O–H groups in total. The summed E-state index contributed by atoms with van der Waals surface area (Å²) in [6.45, 7) is 2.88. The van der Waals surface area contributed by atoms with Crippen LogP contribution >= 0.6 is 0 Å². The Balaban J connectivity index is 1.41. The third-order valence-electron chi connectivity index (χ3n) is 6.37. The molecule has 7 nitrogen and oxygen atoms in total. The van der Waals surface area contributed by atoms with Gasteiger partial charge in [-0.3, -0.25) is 9.78 Å². The van der Waals surface area contributed by atoms with Crippen molar-refractivity contribution < 1.29 is 18.0 Å². The number of hydrogen-bond donors (Lipinski definition) is 2. The molecular weight excluding hydrogens is 493 g/mol. The van der Waals surface area contributed by atoms with E-state index < -0.39 is 17.6 Å². The molecule has 4 aromatic rings. The first kappa shape index (κ1) is 25.2. The van der Waals surface area contributed by atoms with Crippen LogP contribution in [-0.2, 0) is 6.18 Å². The molecule has 194 valence electrons. The van der Waals surface area contributed by atoms with Gasteiger partial charge < -0.3 is 15.5 Å². The highest BCUT2D eigenvalue weighted by atomic mass is 19.4. The number of alkyl halides is 3. The quantitative estimate of drug-likeness (QED) is 0.305. The lowest BCUT2D eigenvalue weighted by Crippen LogP contribution is -2.25. The van der Waals surface area contributed by atoms with Crippen LogP contribution in [0.5, 0.6) is 0 Å². The molecule has 1 aliphatic heterocycles. The molecule has 1 fully saturated rings. The van der Waals surface area contributed by atoms with Crippen LogP contribution in [0.15, 0.2) is 73.2 Å². The van der Waals surface area contributed by atoms with Gasteiger partial charge >= 0.3 is 6.18 Å². The van der Waals surface area contributed by atoms with Crippen molar-refractivity contribution >= 4 is 28.9 Å². The lowest BCUT2D eigenvalue weighted by molar-refractivity contribution is -0.137. The van der Waals surface area contributed by atoms with E-state index in [1.165, 1.54) is 12.1 Å². The fraction of sp³-hybridized carbons (Fsp3) is 0.214. The van der Waals surface area contributed by atoms with E-state index in [4.69, 9.17) is 0 Å². The Morgan fingerprint density at radius 2 is 1.79 bits per heavy atom. The molecular formula is C28H25F3N6O. The zero-order valence-electron chi connectivity index (χ0n) is 20.6. The summed E-state index contributed by atoms with van der Waals surface area (Å²) in [5, 5.41) is 5.86. The molecule has 2 aromatic carbocycles. The van der Waals surface area contributed by atoms with Crippen LogP contribution in [0.4, 0.5) is 36.2 Å². The molecule has 0 bridgehead atoms. The minimum atomic E-state index is -4.54. The molecule has 0 radical (unpaired) electrons. The molecule has 1 saturated heterocycles. The third kappa shape index (κ3) is 5.44. The Labute approximate surface area is 217 Å². The predicted octanol–water partition coefficient (Wildman–Crippen LogP) is 6.46. The number of rotatable bonds is 6. The van der Waals surface area contributed by atoms with Crippen molar-refractivity contribution in [2.45, 2.75) is 25.9 Å². The van der Waals surface area contributed by atoms with E-state index in [0.717, 1.165) is 30.0 Å². The SMILES string of the molecule is Cc1ccc(C(=O)Nc2cccc(C(F)(F)F)c2N2CCCC2)cc1Nc1nccc(-c2cccnc2)n1. The minimum Gasteiger partial charge on any atom is -0.369 e. The lowest BCUT2D eigenvalue weighted by atomic mass is 10.1. The minimum absolute atomic E-state index is 0.0110. The number of carbonyl (C=O) groups is 1. The summed E-state index contributed by atoms with van der Waals surface area (Å²) in [7, 11) is 0. The van der Waals surface area contributed by atoms with Crippen molar-refractivity contribution in [3.8, 4) is 11.3 Å². The molecule has 0 spiro atoms. The third-order valence-corrected chi connectivity index (χ3v) is 6.37. The molecule has 38 heavy (non-hydrogen) atoms. The van der Waals surface area contributed by atoms with Crippen LogP contribution in [-0.4, -0.2) is 33.9 Å². The molecule has 1 amide bonds. The fourth-order valence-electron chi connectivity index (χ4n) is 4.46. The van der Waals surface area contributed by atoms with Crippen LogP contribution in [0, 0.1) is 6.92 Å². The van der Waals surface area contributed by atoms with Crippen molar-refractivity contribution in [2.24, 2.45) is 0 Å². The number of anilines is 4. The zero-order chi connectivity index (χ0) is 26.7. The summed E-state index contributed by atoms with van der Waals surface area (Å²) >= 11 is 0. The van der Waals surface area contributed by atoms with Crippen LogP contribution in [0.1, 0.15) is 34.3 Å². The lowest BCUT2D eigenvalue weighted by Gasteiger charge is -2.26. The smallest absolute Gasteiger partial charge is 0.369 e. The summed E-state index contributed by atoms with van der Waals surface area (Å²) in [6.07, 6.45) is 2.07. The van der Waals surface area contributed by atoms with Gasteiger partial charge in [0.2, 0.25) is 5.95 Å². The van der Waals surface area contributed by atoms with E-state index in [9.17, 15) is 18.0 Å². The Hall–Kier alpha value is -4.47. The van der Waals surface area contributed by atoms with E-state index in [0.29, 0.717) is 30.4 Å². The first-order valence-electron chi connectivity index (χ1n) is 12.2. The number of halogens is 3. The Morgan fingerprint density at radius 1 is 0.974 bits per heavy atom. The van der Waals surface area contributed by atoms with Crippen LogP contribution in [0.3, 0.4) is 0 Å². The van der Waals surface area contributed by atoms with Gasteiger partial charge in [-0.15, -0.1) is 0 Å². The molecule has 2 aromatic heterocycles. The highest BCUT2D eigenvalue weighted by molar-refractivity contribution is 6.07. The number of nitrogens with zero attached hydrogens (tertiary/aromatic N) is 4. The average molecular weight is 519 g/mol. The largest absolute Gasteiger partial charge is 0.418 e. The van der Waals surface area contributed by atoms with Gasteiger partial charge in [0.25, 0.3) is 5.91 Å². The van der Waals surface area contributed by atoms with Crippen molar-refractivity contribution in [2.75, 3.05) is 28.6 Å². The monoisotopic (exact) mass is 518 g/mol. The summed E-state index contributed by atoms with van der Waals surface area (Å²) < 4.78 is 41.5. The van der Waals surface area contributed by atoms with E-state index in [1.54, 1.807) is 47.8 Å². The molecule has 5 rings (SSSR count). The van der Waals surface area contributed by atoms with Crippen molar-refractivity contribution in [1.29, 1.82) is 0 Å². The van der Waals surface area contributed by atoms with Crippen LogP contribution < -0.4 is 15.5 Å². The van der Waals surface area contributed by atoms with Gasteiger partial charge in [0.05, 0.1) is 22.6 Å². The second-order valence-electron chi connectivity index (χ2n) is 9.01. The second-order valence-corrected chi connectivity index (χ2v) is 9.01. The van der Waals surface area contributed by atoms with Gasteiger partial charge in [-0.1, -0.05) is 12.1 Å². The number of nitrogens with one attached hydrogen (secondary N) is 2. The Morgan fingerprint density at radius 3 is 2.53 bits per heavy atom. The van der Waals surface area contributed by atoms with E-state index in [2.05, 4.69) is 25.6 Å². The van der Waals surface area contributed by atoms with Gasteiger partial charge in [-0.2, -0.15) is 13.2 Å². The predicted molar refractivity (Wildman–Crippen MR) is 141 cm³/mol. The number of carbonyl (C=O) groups excluding carboxylic acids is 1.